The first-order chi connectivity index (χ1) is 7.83. The van der Waals surface area contributed by atoms with Gasteiger partial charge >= 0.3 is 0 Å². The Kier molecular flexibility index (Phi) is 2.65. The van der Waals surface area contributed by atoms with Gasteiger partial charge in [-0.25, -0.2) is 9.97 Å². The fourth-order valence-corrected chi connectivity index (χ4v) is 2.37. The Labute approximate surface area is 102 Å². The molecule has 5 heteroatoms. The van der Waals surface area contributed by atoms with E-state index in [1.54, 1.807) is 6.20 Å². The van der Waals surface area contributed by atoms with Crippen LogP contribution in [0.15, 0.2) is 21.2 Å². The van der Waals surface area contributed by atoms with Crippen LogP contribution in [0.5, 0.6) is 0 Å². The highest BCUT2D eigenvalue weighted by atomic mass is 79.9. The fourth-order valence-electron chi connectivity index (χ4n) is 2.05. The van der Waals surface area contributed by atoms with Crippen molar-refractivity contribution in [3.63, 3.8) is 0 Å². The molecule has 0 amide bonds. The van der Waals surface area contributed by atoms with E-state index in [2.05, 4.69) is 31.2 Å². The smallest absolute Gasteiger partial charge is 0.247 e. The number of piperidine rings is 1. The Bertz CT molecular complexity index is 505. The van der Waals surface area contributed by atoms with Crippen LogP contribution < -0.4 is 5.32 Å². The van der Waals surface area contributed by atoms with Crippen LogP contribution in [0.3, 0.4) is 0 Å². The first-order valence-corrected chi connectivity index (χ1v) is 6.25. The largest absolute Gasteiger partial charge is 0.422 e. The quantitative estimate of drug-likeness (QED) is 0.873. The molecule has 2 aromatic rings. The minimum absolute atomic E-state index is 0.390. The Morgan fingerprint density at radius 1 is 1.50 bits per heavy atom. The zero-order chi connectivity index (χ0) is 11.0. The molecule has 1 fully saturated rings. The topological polar surface area (TPSA) is 51.0 Å². The molecule has 0 aromatic carbocycles. The third kappa shape index (κ3) is 1.85. The molecule has 84 valence electrons. The lowest BCUT2D eigenvalue weighted by Gasteiger charge is -2.19. The normalized spacial score (nSPS) is 21.4. The molecule has 1 aliphatic rings. The summed E-state index contributed by atoms with van der Waals surface area (Å²) in [5, 5.41) is 3.36. The number of pyridine rings is 1. The molecule has 1 unspecified atom stereocenters. The molecule has 0 spiro atoms. The summed E-state index contributed by atoms with van der Waals surface area (Å²) in [5.41, 5.74) is 1.46. The molecule has 0 saturated carbocycles. The Morgan fingerprint density at radius 2 is 2.44 bits per heavy atom. The first-order valence-electron chi connectivity index (χ1n) is 5.45. The minimum Gasteiger partial charge on any atom is -0.422 e. The molecule has 1 aliphatic heterocycles. The van der Waals surface area contributed by atoms with Gasteiger partial charge in [0.15, 0.2) is 0 Å². The highest BCUT2D eigenvalue weighted by molar-refractivity contribution is 9.10. The third-order valence-electron chi connectivity index (χ3n) is 2.88. The van der Waals surface area contributed by atoms with Gasteiger partial charge in [-0.3, -0.25) is 0 Å². The molecule has 0 radical (unpaired) electrons. The number of oxazole rings is 1. The van der Waals surface area contributed by atoms with Crippen molar-refractivity contribution in [1.82, 2.24) is 15.3 Å². The van der Waals surface area contributed by atoms with Crippen LogP contribution in [-0.4, -0.2) is 23.1 Å². The summed E-state index contributed by atoms with van der Waals surface area (Å²) in [6.07, 6.45) is 4.05. The summed E-state index contributed by atoms with van der Waals surface area (Å²) in [7, 11) is 0. The van der Waals surface area contributed by atoms with Crippen LogP contribution in [-0.2, 0) is 0 Å². The lowest BCUT2D eigenvalue weighted by molar-refractivity contribution is 0.385. The lowest BCUT2D eigenvalue weighted by Crippen LogP contribution is -2.28. The van der Waals surface area contributed by atoms with Crippen molar-refractivity contribution >= 4 is 27.2 Å². The summed E-state index contributed by atoms with van der Waals surface area (Å²) < 4.78 is 6.61. The molecule has 4 nitrogen and oxygen atoms in total. The average molecular weight is 282 g/mol. The van der Waals surface area contributed by atoms with Gasteiger partial charge in [-0.05, 0) is 41.4 Å². The van der Waals surface area contributed by atoms with Crippen molar-refractivity contribution in [3.8, 4) is 0 Å². The summed E-state index contributed by atoms with van der Waals surface area (Å²) >= 11 is 3.38. The Hall–Kier alpha value is -0.940. The number of fused-ring (bicyclic) bond motifs is 1. The highest BCUT2D eigenvalue weighted by Crippen LogP contribution is 2.26. The summed E-state index contributed by atoms with van der Waals surface area (Å²) in [4.78, 5) is 8.70. The molecule has 2 aromatic heterocycles. The lowest BCUT2D eigenvalue weighted by atomic mass is 10.00. The predicted molar refractivity (Wildman–Crippen MR) is 64.3 cm³/mol. The zero-order valence-corrected chi connectivity index (χ0v) is 10.3. The van der Waals surface area contributed by atoms with E-state index in [-0.39, 0.29) is 0 Å². The second-order valence-corrected chi connectivity index (χ2v) is 4.99. The molecule has 3 rings (SSSR count). The van der Waals surface area contributed by atoms with Crippen LogP contribution >= 0.6 is 15.9 Å². The van der Waals surface area contributed by atoms with Crippen LogP contribution in [0.1, 0.15) is 24.7 Å². The number of aromatic nitrogens is 2. The molecule has 1 N–H and O–H groups in total. The van der Waals surface area contributed by atoms with Crippen molar-refractivity contribution < 1.29 is 4.42 Å². The van der Waals surface area contributed by atoms with E-state index >= 15 is 0 Å². The van der Waals surface area contributed by atoms with Gasteiger partial charge in [0.25, 0.3) is 0 Å². The SMILES string of the molecule is Brc1cnc2oc(C3CCCNC3)nc2c1. The van der Waals surface area contributed by atoms with Gasteiger partial charge in [-0.15, -0.1) is 0 Å². The predicted octanol–water partition coefficient (Wildman–Crippen LogP) is 2.45. The average Bonchev–Trinajstić information content (AvgIpc) is 2.73. The van der Waals surface area contributed by atoms with Crippen LogP contribution in [0, 0.1) is 0 Å². The number of hydrogen-bond donors (Lipinski definition) is 1. The van der Waals surface area contributed by atoms with Crippen molar-refractivity contribution in [2.45, 2.75) is 18.8 Å². The second-order valence-electron chi connectivity index (χ2n) is 4.07. The molecule has 16 heavy (non-hydrogen) atoms. The Morgan fingerprint density at radius 3 is 3.25 bits per heavy atom. The molecular formula is C11H12BrN3O. The summed E-state index contributed by atoms with van der Waals surface area (Å²) in [6, 6.07) is 1.94. The maximum atomic E-state index is 5.68. The monoisotopic (exact) mass is 281 g/mol. The van der Waals surface area contributed by atoms with E-state index in [1.165, 1.54) is 6.42 Å². The number of hydrogen-bond acceptors (Lipinski definition) is 4. The van der Waals surface area contributed by atoms with Gasteiger partial charge < -0.3 is 9.73 Å². The number of nitrogens with zero attached hydrogens (tertiary/aromatic N) is 2. The Balaban J connectivity index is 1.97. The van der Waals surface area contributed by atoms with Gasteiger partial charge in [-0.2, -0.15) is 0 Å². The van der Waals surface area contributed by atoms with Crippen molar-refractivity contribution in [2.24, 2.45) is 0 Å². The summed E-state index contributed by atoms with van der Waals surface area (Å²) in [5.74, 6) is 1.20. The van der Waals surface area contributed by atoms with E-state index < -0.39 is 0 Å². The van der Waals surface area contributed by atoms with Gasteiger partial charge in [0.2, 0.25) is 11.6 Å². The molecule has 0 bridgehead atoms. The van der Waals surface area contributed by atoms with E-state index in [1.807, 2.05) is 6.07 Å². The molecule has 0 aliphatic carbocycles. The number of halogens is 1. The molecule has 1 atom stereocenters. The van der Waals surface area contributed by atoms with E-state index in [9.17, 15) is 0 Å². The van der Waals surface area contributed by atoms with Crippen LogP contribution in [0.2, 0.25) is 0 Å². The maximum Gasteiger partial charge on any atom is 0.247 e. The number of nitrogens with one attached hydrogen (secondary N) is 1. The second kappa shape index (κ2) is 4.14. The zero-order valence-electron chi connectivity index (χ0n) is 8.74. The van der Waals surface area contributed by atoms with Crippen molar-refractivity contribution in [3.05, 3.63) is 22.6 Å². The fraction of sp³-hybridized carbons (Fsp3) is 0.455. The summed E-state index contributed by atoms with van der Waals surface area (Å²) in [6.45, 7) is 2.05. The molecule has 3 heterocycles. The third-order valence-corrected chi connectivity index (χ3v) is 3.31. The maximum absolute atomic E-state index is 5.68. The number of rotatable bonds is 1. The van der Waals surface area contributed by atoms with Gasteiger partial charge in [-0.1, -0.05) is 0 Å². The van der Waals surface area contributed by atoms with E-state index in [4.69, 9.17) is 4.42 Å². The van der Waals surface area contributed by atoms with Gasteiger partial charge in [0.1, 0.15) is 5.52 Å². The minimum atomic E-state index is 0.390. The first kappa shape index (κ1) is 10.2. The van der Waals surface area contributed by atoms with Gasteiger partial charge in [0, 0.05) is 23.1 Å². The van der Waals surface area contributed by atoms with Crippen LogP contribution in [0.25, 0.3) is 11.2 Å². The van der Waals surface area contributed by atoms with E-state index in [0.29, 0.717) is 11.6 Å². The van der Waals surface area contributed by atoms with Crippen molar-refractivity contribution in [1.29, 1.82) is 0 Å². The van der Waals surface area contributed by atoms with Crippen molar-refractivity contribution in [2.75, 3.05) is 13.1 Å². The standard InChI is InChI=1S/C11H12BrN3O/c12-8-4-9-11(14-6-8)16-10(15-9)7-2-1-3-13-5-7/h4,6-7,13H,1-3,5H2. The van der Waals surface area contributed by atoms with Gasteiger partial charge in [0.05, 0.1) is 0 Å². The van der Waals surface area contributed by atoms with Crippen LogP contribution in [0.4, 0.5) is 0 Å². The molecular weight excluding hydrogens is 270 g/mol. The highest BCUT2D eigenvalue weighted by Gasteiger charge is 2.20. The molecule has 1 saturated heterocycles. The van der Waals surface area contributed by atoms with E-state index in [0.717, 1.165) is 35.4 Å².